The minimum atomic E-state index is 0.601. The zero-order valence-electron chi connectivity index (χ0n) is 7.19. The Morgan fingerprint density at radius 2 is 1.91 bits per heavy atom. The molecule has 0 nitrogen and oxygen atoms in total. The molecule has 1 rings (SSSR count). The summed E-state index contributed by atoms with van der Waals surface area (Å²) in [6.07, 6.45) is 0. The van der Waals surface area contributed by atoms with Gasteiger partial charge >= 0.3 is 0 Å². The number of benzene rings is 1. The zero-order chi connectivity index (χ0) is 8.43. The van der Waals surface area contributed by atoms with E-state index in [1.54, 1.807) is 0 Å². The smallest absolute Gasteiger partial charge is 0.0210 e. The van der Waals surface area contributed by atoms with Crippen LogP contribution in [0.5, 0.6) is 0 Å². The normalized spacial score (nSPS) is 10.6. The highest BCUT2D eigenvalue weighted by Crippen LogP contribution is 2.25. The third-order valence-electron chi connectivity index (χ3n) is 1.77. The quantitative estimate of drug-likeness (QED) is 0.664. The van der Waals surface area contributed by atoms with E-state index in [0.29, 0.717) is 5.92 Å². The molecule has 0 fully saturated rings. The fraction of sp³-hybridized carbons (Fsp3) is 0.400. The van der Waals surface area contributed by atoms with Gasteiger partial charge in [0.1, 0.15) is 0 Å². The van der Waals surface area contributed by atoms with Crippen molar-refractivity contribution in [2.75, 3.05) is 0 Å². The van der Waals surface area contributed by atoms with Gasteiger partial charge in [-0.1, -0.05) is 47.5 Å². The minimum absolute atomic E-state index is 0.601. The van der Waals surface area contributed by atoms with Gasteiger partial charge in [0.15, 0.2) is 0 Å². The Hall–Kier alpha value is -0.300. The summed E-state index contributed by atoms with van der Waals surface area (Å²) >= 11 is 3.53. The molecule has 0 spiro atoms. The van der Waals surface area contributed by atoms with Gasteiger partial charge in [0.2, 0.25) is 0 Å². The molecule has 0 bridgehead atoms. The molecule has 0 aliphatic rings. The molecule has 0 aliphatic heterocycles. The molecule has 0 saturated carbocycles. The van der Waals surface area contributed by atoms with Crippen LogP contribution in [-0.2, 0) is 0 Å². The van der Waals surface area contributed by atoms with E-state index in [4.69, 9.17) is 0 Å². The average Bonchev–Trinajstić information content (AvgIpc) is 1.94. The van der Waals surface area contributed by atoms with Gasteiger partial charge in [-0.25, -0.2) is 0 Å². The summed E-state index contributed by atoms with van der Waals surface area (Å²) in [5.74, 6) is 0.601. The van der Waals surface area contributed by atoms with E-state index in [-0.39, 0.29) is 0 Å². The predicted molar refractivity (Wildman–Crippen MR) is 53.0 cm³/mol. The number of hydrogen-bond acceptors (Lipinski definition) is 0. The van der Waals surface area contributed by atoms with Crippen LogP contribution < -0.4 is 0 Å². The number of halogens is 1. The molecule has 1 heteroatoms. The second-order valence-electron chi connectivity index (χ2n) is 3.18. The van der Waals surface area contributed by atoms with Crippen molar-refractivity contribution in [1.82, 2.24) is 0 Å². The standard InChI is InChI=1S/C10H13Br/c1-7(2)9-6-8(3)4-5-10(9)11/h4-7H,1-3H3. The van der Waals surface area contributed by atoms with Crippen molar-refractivity contribution in [2.45, 2.75) is 26.7 Å². The van der Waals surface area contributed by atoms with Crippen molar-refractivity contribution >= 4 is 15.9 Å². The van der Waals surface area contributed by atoms with Crippen LogP contribution in [0.25, 0.3) is 0 Å². The Labute approximate surface area is 76.8 Å². The van der Waals surface area contributed by atoms with Gasteiger partial charge in [-0.05, 0) is 24.5 Å². The maximum Gasteiger partial charge on any atom is 0.0210 e. The summed E-state index contributed by atoms with van der Waals surface area (Å²) in [7, 11) is 0. The maximum absolute atomic E-state index is 3.53. The van der Waals surface area contributed by atoms with Gasteiger partial charge in [0, 0.05) is 4.47 Å². The summed E-state index contributed by atoms with van der Waals surface area (Å²) in [5.41, 5.74) is 2.72. The summed E-state index contributed by atoms with van der Waals surface area (Å²) in [6, 6.07) is 6.47. The average molecular weight is 213 g/mol. The first-order chi connectivity index (χ1) is 5.11. The molecule has 0 atom stereocenters. The highest BCUT2D eigenvalue weighted by molar-refractivity contribution is 9.10. The van der Waals surface area contributed by atoms with E-state index in [1.165, 1.54) is 15.6 Å². The van der Waals surface area contributed by atoms with Crippen molar-refractivity contribution in [3.63, 3.8) is 0 Å². The fourth-order valence-electron chi connectivity index (χ4n) is 1.11. The predicted octanol–water partition coefficient (Wildman–Crippen LogP) is 3.88. The van der Waals surface area contributed by atoms with Gasteiger partial charge in [-0.3, -0.25) is 0 Å². The fourth-order valence-corrected chi connectivity index (χ4v) is 1.81. The molecule has 1 aromatic carbocycles. The van der Waals surface area contributed by atoms with Gasteiger partial charge in [0.05, 0.1) is 0 Å². The lowest BCUT2D eigenvalue weighted by Crippen LogP contribution is -1.89. The molecule has 11 heavy (non-hydrogen) atoms. The molecule has 1 aromatic rings. The largest absolute Gasteiger partial charge is 0.0586 e. The summed E-state index contributed by atoms with van der Waals surface area (Å²) in [5, 5.41) is 0. The summed E-state index contributed by atoms with van der Waals surface area (Å²) in [4.78, 5) is 0. The van der Waals surface area contributed by atoms with Crippen LogP contribution in [0.15, 0.2) is 22.7 Å². The second-order valence-corrected chi connectivity index (χ2v) is 4.03. The number of rotatable bonds is 1. The summed E-state index contributed by atoms with van der Waals surface area (Å²) in [6.45, 7) is 6.54. The SMILES string of the molecule is Cc1ccc(Br)c(C(C)C)c1. The molecular weight excluding hydrogens is 200 g/mol. The van der Waals surface area contributed by atoms with Crippen molar-refractivity contribution in [1.29, 1.82) is 0 Å². The number of aryl methyl sites for hydroxylation is 1. The molecule has 0 unspecified atom stereocenters. The lowest BCUT2D eigenvalue weighted by molar-refractivity contribution is 0.859. The van der Waals surface area contributed by atoms with Crippen LogP contribution in [0.2, 0.25) is 0 Å². The van der Waals surface area contributed by atoms with Gasteiger partial charge in [-0.15, -0.1) is 0 Å². The van der Waals surface area contributed by atoms with Crippen molar-refractivity contribution in [3.8, 4) is 0 Å². The first kappa shape index (κ1) is 8.79. The minimum Gasteiger partial charge on any atom is -0.0586 e. The molecule has 0 saturated heterocycles. The van der Waals surface area contributed by atoms with E-state index in [9.17, 15) is 0 Å². The molecule has 0 N–H and O–H groups in total. The van der Waals surface area contributed by atoms with Crippen LogP contribution >= 0.6 is 15.9 Å². The Bertz CT molecular complexity index is 251. The monoisotopic (exact) mass is 212 g/mol. The van der Waals surface area contributed by atoms with Crippen LogP contribution in [0.3, 0.4) is 0 Å². The number of hydrogen-bond donors (Lipinski definition) is 0. The second kappa shape index (κ2) is 3.40. The lowest BCUT2D eigenvalue weighted by Gasteiger charge is -2.08. The molecule has 0 amide bonds. The molecule has 0 aliphatic carbocycles. The van der Waals surface area contributed by atoms with E-state index in [1.807, 2.05) is 0 Å². The third kappa shape index (κ3) is 2.06. The van der Waals surface area contributed by atoms with Crippen LogP contribution in [0, 0.1) is 6.92 Å². The Morgan fingerprint density at radius 1 is 1.27 bits per heavy atom. The summed E-state index contributed by atoms with van der Waals surface area (Å²) < 4.78 is 1.22. The lowest BCUT2D eigenvalue weighted by atomic mass is 10.0. The van der Waals surface area contributed by atoms with Crippen molar-refractivity contribution in [3.05, 3.63) is 33.8 Å². The highest BCUT2D eigenvalue weighted by Gasteiger charge is 2.03. The van der Waals surface area contributed by atoms with Crippen molar-refractivity contribution < 1.29 is 0 Å². The highest BCUT2D eigenvalue weighted by atomic mass is 79.9. The first-order valence-electron chi connectivity index (χ1n) is 3.87. The third-order valence-corrected chi connectivity index (χ3v) is 2.50. The molecule has 60 valence electrons. The Balaban J connectivity index is 3.13. The van der Waals surface area contributed by atoms with Crippen LogP contribution in [-0.4, -0.2) is 0 Å². The molecule has 0 radical (unpaired) electrons. The van der Waals surface area contributed by atoms with Gasteiger partial charge < -0.3 is 0 Å². The zero-order valence-corrected chi connectivity index (χ0v) is 8.77. The first-order valence-corrected chi connectivity index (χ1v) is 4.66. The van der Waals surface area contributed by atoms with Crippen molar-refractivity contribution in [2.24, 2.45) is 0 Å². The van der Waals surface area contributed by atoms with E-state index in [2.05, 4.69) is 54.9 Å². The molecular formula is C10H13Br. The van der Waals surface area contributed by atoms with Crippen LogP contribution in [0.4, 0.5) is 0 Å². The molecule has 0 aromatic heterocycles. The Morgan fingerprint density at radius 3 is 2.36 bits per heavy atom. The van der Waals surface area contributed by atoms with E-state index in [0.717, 1.165) is 0 Å². The van der Waals surface area contributed by atoms with Crippen LogP contribution in [0.1, 0.15) is 30.9 Å². The van der Waals surface area contributed by atoms with Gasteiger partial charge in [0.25, 0.3) is 0 Å². The maximum atomic E-state index is 3.53. The van der Waals surface area contributed by atoms with E-state index >= 15 is 0 Å². The van der Waals surface area contributed by atoms with Gasteiger partial charge in [-0.2, -0.15) is 0 Å². The topological polar surface area (TPSA) is 0 Å². The Kier molecular flexibility index (Phi) is 2.72. The van der Waals surface area contributed by atoms with E-state index < -0.39 is 0 Å². The molecule has 0 heterocycles.